The highest BCUT2D eigenvalue weighted by molar-refractivity contribution is 5.86. The van der Waals surface area contributed by atoms with Gasteiger partial charge in [0.25, 0.3) is 0 Å². The molecule has 1 aliphatic rings. The Hall–Kier alpha value is -1.62. The summed E-state index contributed by atoms with van der Waals surface area (Å²) in [5.74, 6) is 0.688. The Labute approximate surface area is 149 Å². The van der Waals surface area contributed by atoms with Gasteiger partial charge in [-0.1, -0.05) is 42.5 Å². The quantitative estimate of drug-likeness (QED) is 0.721. The number of rotatable bonds is 8. The zero-order valence-corrected chi connectivity index (χ0v) is 14.8. The molecule has 2 N–H and O–H groups in total. The number of methoxy groups -OCH3 is 1. The number of amides is 1. The zero-order chi connectivity index (χ0) is 16.1. The van der Waals surface area contributed by atoms with Crippen LogP contribution in [0.5, 0.6) is 0 Å². The lowest BCUT2D eigenvalue weighted by Crippen LogP contribution is -2.34. The average molecular weight is 349 g/mol. The van der Waals surface area contributed by atoms with Crippen LogP contribution in [0.2, 0.25) is 0 Å². The molecule has 1 fully saturated rings. The third kappa shape index (κ3) is 4.69. The summed E-state index contributed by atoms with van der Waals surface area (Å²) in [6.07, 6.45) is 0.960. The summed E-state index contributed by atoms with van der Waals surface area (Å²) < 4.78 is 4.96. The molecule has 2 unspecified atom stereocenters. The van der Waals surface area contributed by atoms with Gasteiger partial charge in [0.05, 0.1) is 6.61 Å². The Kier molecular flexibility index (Phi) is 7.03. The maximum Gasteiger partial charge on any atom is 0.223 e. The van der Waals surface area contributed by atoms with Gasteiger partial charge in [-0.15, -0.1) is 12.4 Å². The molecule has 0 radical (unpaired) electrons. The number of fused-ring (bicyclic) bond motifs is 1. The van der Waals surface area contributed by atoms with Crippen LogP contribution in [-0.2, 0) is 9.53 Å². The second-order valence-electron chi connectivity index (χ2n) is 6.09. The predicted octanol–water partition coefficient (Wildman–Crippen LogP) is 2.72. The fourth-order valence-electron chi connectivity index (χ4n) is 3.00. The van der Waals surface area contributed by atoms with Crippen LogP contribution < -0.4 is 10.6 Å². The van der Waals surface area contributed by atoms with Crippen LogP contribution in [0.4, 0.5) is 0 Å². The van der Waals surface area contributed by atoms with Crippen molar-refractivity contribution in [1.29, 1.82) is 0 Å². The molecule has 0 aromatic heterocycles. The van der Waals surface area contributed by atoms with Gasteiger partial charge in [0.15, 0.2) is 0 Å². The number of ether oxygens (including phenoxy) is 1. The third-order valence-corrected chi connectivity index (χ3v) is 4.41. The monoisotopic (exact) mass is 348 g/mol. The lowest BCUT2D eigenvalue weighted by Gasteiger charge is -2.07. The zero-order valence-electron chi connectivity index (χ0n) is 14.0. The molecule has 2 atom stereocenters. The van der Waals surface area contributed by atoms with Crippen molar-refractivity contribution < 1.29 is 9.53 Å². The first-order valence-electron chi connectivity index (χ1n) is 8.25. The molecule has 130 valence electrons. The first kappa shape index (κ1) is 18.7. The van der Waals surface area contributed by atoms with Crippen LogP contribution in [0.15, 0.2) is 42.5 Å². The number of halogens is 1. The van der Waals surface area contributed by atoms with E-state index in [1.165, 1.54) is 16.3 Å². The van der Waals surface area contributed by atoms with E-state index in [1.807, 2.05) is 0 Å². The van der Waals surface area contributed by atoms with E-state index in [0.717, 1.165) is 19.5 Å². The molecule has 4 nitrogen and oxygen atoms in total. The van der Waals surface area contributed by atoms with Gasteiger partial charge in [0, 0.05) is 32.7 Å². The molecule has 5 heteroatoms. The van der Waals surface area contributed by atoms with Crippen molar-refractivity contribution in [3.05, 3.63) is 48.0 Å². The summed E-state index contributed by atoms with van der Waals surface area (Å²) in [6, 6.07) is 14.9. The smallest absolute Gasteiger partial charge is 0.223 e. The van der Waals surface area contributed by atoms with Crippen LogP contribution >= 0.6 is 12.4 Å². The highest BCUT2D eigenvalue weighted by Crippen LogP contribution is 2.48. The van der Waals surface area contributed by atoms with Gasteiger partial charge >= 0.3 is 0 Å². The Morgan fingerprint density at radius 2 is 1.92 bits per heavy atom. The lowest BCUT2D eigenvalue weighted by molar-refractivity contribution is -0.122. The SMILES string of the molecule is COCCNCCNC(=O)C1CC1c1ccc2ccccc2c1.Cl. The number of nitrogens with one attached hydrogen (secondary N) is 2. The second-order valence-corrected chi connectivity index (χ2v) is 6.09. The Bertz CT molecular complexity index is 677. The summed E-state index contributed by atoms with van der Waals surface area (Å²) >= 11 is 0. The van der Waals surface area contributed by atoms with Gasteiger partial charge in [-0.2, -0.15) is 0 Å². The predicted molar refractivity (Wildman–Crippen MR) is 99.8 cm³/mol. The summed E-state index contributed by atoms with van der Waals surface area (Å²) in [4.78, 5) is 12.2. The van der Waals surface area contributed by atoms with E-state index in [4.69, 9.17) is 4.74 Å². The highest BCUT2D eigenvalue weighted by atomic mass is 35.5. The van der Waals surface area contributed by atoms with Crippen LogP contribution in [0, 0.1) is 5.92 Å². The summed E-state index contributed by atoms with van der Waals surface area (Å²) in [6.45, 7) is 2.96. The van der Waals surface area contributed by atoms with Crippen molar-refractivity contribution in [2.24, 2.45) is 5.92 Å². The van der Waals surface area contributed by atoms with E-state index in [9.17, 15) is 4.79 Å². The molecular formula is C19H25ClN2O2. The lowest BCUT2D eigenvalue weighted by atomic mass is 10.0. The highest BCUT2D eigenvalue weighted by Gasteiger charge is 2.43. The molecule has 0 bridgehead atoms. The van der Waals surface area contributed by atoms with Crippen molar-refractivity contribution >= 4 is 29.1 Å². The molecule has 0 aliphatic heterocycles. The molecule has 0 saturated heterocycles. The molecule has 1 aliphatic carbocycles. The molecule has 24 heavy (non-hydrogen) atoms. The van der Waals surface area contributed by atoms with Gasteiger partial charge in [0.1, 0.15) is 0 Å². The maximum absolute atomic E-state index is 12.2. The van der Waals surface area contributed by atoms with Crippen LogP contribution in [-0.4, -0.2) is 39.3 Å². The summed E-state index contributed by atoms with van der Waals surface area (Å²) in [5, 5.41) is 8.74. The van der Waals surface area contributed by atoms with Crippen LogP contribution in [0.25, 0.3) is 10.8 Å². The normalized spacial score (nSPS) is 18.9. The standard InChI is InChI=1S/C19H24N2O2.ClH/c1-23-11-10-20-8-9-21-19(22)18-13-17(18)16-7-6-14-4-2-3-5-15(14)12-16;/h2-7,12,17-18,20H,8-11,13H2,1H3,(H,21,22);1H. The number of carbonyl (C=O) groups excluding carboxylic acids is 1. The number of hydrogen-bond acceptors (Lipinski definition) is 3. The van der Waals surface area contributed by atoms with Gasteiger partial charge in [-0.05, 0) is 28.7 Å². The van der Waals surface area contributed by atoms with Gasteiger partial charge in [-0.25, -0.2) is 0 Å². The Balaban J connectivity index is 0.00000208. The van der Waals surface area contributed by atoms with Crippen molar-refractivity contribution in [2.75, 3.05) is 33.4 Å². The van der Waals surface area contributed by atoms with E-state index in [1.54, 1.807) is 7.11 Å². The largest absolute Gasteiger partial charge is 0.383 e. The molecular weight excluding hydrogens is 324 g/mol. The van der Waals surface area contributed by atoms with Gasteiger partial charge in [-0.3, -0.25) is 4.79 Å². The van der Waals surface area contributed by atoms with E-state index in [-0.39, 0.29) is 24.2 Å². The fourth-order valence-corrected chi connectivity index (χ4v) is 3.00. The number of benzene rings is 2. The van der Waals surface area contributed by atoms with E-state index < -0.39 is 0 Å². The minimum absolute atomic E-state index is 0. The molecule has 1 amide bonds. The summed E-state index contributed by atoms with van der Waals surface area (Å²) in [7, 11) is 1.68. The van der Waals surface area contributed by atoms with E-state index in [0.29, 0.717) is 19.1 Å². The van der Waals surface area contributed by atoms with Crippen LogP contribution in [0.1, 0.15) is 17.9 Å². The Morgan fingerprint density at radius 3 is 2.71 bits per heavy atom. The molecule has 0 heterocycles. The van der Waals surface area contributed by atoms with E-state index >= 15 is 0 Å². The van der Waals surface area contributed by atoms with E-state index in [2.05, 4.69) is 53.1 Å². The molecule has 1 saturated carbocycles. The minimum atomic E-state index is 0. The fraction of sp³-hybridized carbons (Fsp3) is 0.421. The Morgan fingerprint density at radius 1 is 1.12 bits per heavy atom. The van der Waals surface area contributed by atoms with Gasteiger partial charge < -0.3 is 15.4 Å². The second kappa shape index (κ2) is 9.02. The number of carbonyl (C=O) groups is 1. The molecule has 2 aromatic rings. The van der Waals surface area contributed by atoms with Crippen molar-refractivity contribution in [3.63, 3.8) is 0 Å². The first-order valence-corrected chi connectivity index (χ1v) is 8.25. The summed E-state index contributed by atoms with van der Waals surface area (Å²) in [5.41, 5.74) is 1.28. The van der Waals surface area contributed by atoms with Crippen molar-refractivity contribution in [2.45, 2.75) is 12.3 Å². The average Bonchev–Trinajstić information content (AvgIpc) is 3.38. The molecule has 0 spiro atoms. The van der Waals surface area contributed by atoms with Gasteiger partial charge in [0.2, 0.25) is 5.91 Å². The van der Waals surface area contributed by atoms with Crippen molar-refractivity contribution in [3.8, 4) is 0 Å². The van der Waals surface area contributed by atoms with Crippen LogP contribution in [0.3, 0.4) is 0 Å². The van der Waals surface area contributed by atoms with Crippen molar-refractivity contribution in [1.82, 2.24) is 10.6 Å². The maximum atomic E-state index is 12.2. The number of hydrogen-bond donors (Lipinski definition) is 2. The first-order chi connectivity index (χ1) is 11.3. The molecule has 3 rings (SSSR count). The third-order valence-electron chi connectivity index (χ3n) is 4.41. The minimum Gasteiger partial charge on any atom is -0.383 e. The topological polar surface area (TPSA) is 50.4 Å². The molecule has 2 aromatic carbocycles.